The Hall–Kier alpha value is -3.03. The number of nitrogens with zero attached hydrogens (tertiary/aromatic N) is 6. The summed E-state index contributed by atoms with van der Waals surface area (Å²) in [4.78, 5) is 15.0. The van der Waals surface area contributed by atoms with E-state index in [2.05, 4.69) is 15.3 Å². The molecule has 0 bridgehead atoms. The van der Waals surface area contributed by atoms with E-state index in [4.69, 9.17) is 0 Å². The number of fused-ring (bicyclic) bond motifs is 1. The summed E-state index contributed by atoms with van der Waals surface area (Å²) < 4.78 is 17.1. The van der Waals surface area contributed by atoms with Gasteiger partial charge in [-0.1, -0.05) is 0 Å². The van der Waals surface area contributed by atoms with E-state index in [1.807, 2.05) is 36.3 Å². The van der Waals surface area contributed by atoms with Crippen molar-refractivity contribution >= 4 is 5.91 Å². The molecule has 0 aliphatic carbocycles. The number of carbonyl (C=O) groups is 1. The van der Waals surface area contributed by atoms with Crippen molar-refractivity contribution in [3.8, 4) is 11.4 Å². The molecular weight excluding hydrogens is 371 g/mol. The van der Waals surface area contributed by atoms with Crippen molar-refractivity contribution in [2.24, 2.45) is 0 Å². The van der Waals surface area contributed by atoms with Gasteiger partial charge in [-0.3, -0.25) is 9.48 Å². The molecule has 3 aromatic rings. The van der Waals surface area contributed by atoms with E-state index < -0.39 is 0 Å². The highest BCUT2D eigenvalue weighted by Gasteiger charge is 2.33. The number of likely N-dealkylation sites (N-methyl/N-ethyl adjacent to an activating group) is 1. The molecule has 0 N–H and O–H groups in total. The number of aromatic nitrogens is 5. The average molecular weight is 396 g/mol. The molecule has 1 aliphatic heterocycles. The Labute approximate surface area is 169 Å². The zero-order chi connectivity index (χ0) is 20.5. The van der Waals surface area contributed by atoms with E-state index in [1.54, 1.807) is 17.0 Å². The molecule has 29 heavy (non-hydrogen) atoms. The normalized spacial score (nSPS) is 15.9. The predicted molar refractivity (Wildman–Crippen MR) is 107 cm³/mol. The summed E-state index contributed by atoms with van der Waals surface area (Å²) in [5.74, 6) is 0.793. The second-order valence-electron chi connectivity index (χ2n) is 7.52. The third kappa shape index (κ3) is 3.66. The average Bonchev–Trinajstić information content (AvgIpc) is 3.31. The Morgan fingerprint density at radius 3 is 2.72 bits per heavy atom. The quantitative estimate of drug-likeness (QED) is 0.664. The van der Waals surface area contributed by atoms with E-state index in [1.165, 1.54) is 12.1 Å². The van der Waals surface area contributed by atoms with Crippen LogP contribution in [0.2, 0.25) is 0 Å². The SMILES string of the molecule is CCn1cc(CN(C)C(=O)C2CCCn3c(-c4ccc(F)cc4)nnc32)c(C)n1. The fourth-order valence-electron chi connectivity index (χ4n) is 3.90. The van der Waals surface area contributed by atoms with Crippen LogP contribution in [0.25, 0.3) is 11.4 Å². The van der Waals surface area contributed by atoms with Gasteiger partial charge < -0.3 is 9.47 Å². The molecule has 0 saturated carbocycles. The van der Waals surface area contributed by atoms with Gasteiger partial charge in [0.25, 0.3) is 0 Å². The number of aryl methyl sites for hydroxylation is 2. The van der Waals surface area contributed by atoms with Gasteiger partial charge in [0.1, 0.15) is 11.6 Å². The van der Waals surface area contributed by atoms with Crippen LogP contribution in [0.5, 0.6) is 0 Å². The van der Waals surface area contributed by atoms with Crippen LogP contribution in [0.3, 0.4) is 0 Å². The number of carbonyl (C=O) groups excluding carboxylic acids is 1. The first-order valence-electron chi connectivity index (χ1n) is 9.95. The highest BCUT2D eigenvalue weighted by atomic mass is 19.1. The van der Waals surface area contributed by atoms with Crippen molar-refractivity contribution in [3.05, 3.63) is 53.4 Å². The van der Waals surface area contributed by atoms with E-state index in [0.29, 0.717) is 18.2 Å². The second-order valence-corrected chi connectivity index (χ2v) is 7.52. The Bertz CT molecular complexity index is 1020. The van der Waals surface area contributed by atoms with Crippen molar-refractivity contribution < 1.29 is 9.18 Å². The van der Waals surface area contributed by atoms with Crippen LogP contribution in [0, 0.1) is 12.7 Å². The summed E-state index contributed by atoms with van der Waals surface area (Å²) in [5.41, 5.74) is 2.79. The van der Waals surface area contributed by atoms with Crippen LogP contribution in [-0.2, 0) is 24.4 Å². The maximum atomic E-state index is 13.3. The Morgan fingerprint density at radius 1 is 1.28 bits per heavy atom. The summed E-state index contributed by atoms with van der Waals surface area (Å²) in [5, 5.41) is 13.1. The zero-order valence-corrected chi connectivity index (χ0v) is 17.0. The topological polar surface area (TPSA) is 68.8 Å². The smallest absolute Gasteiger partial charge is 0.233 e. The van der Waals surface area contributed by atoms with Gasteiger partial charge in [-0.15, -0.1) is 10.2 Å². The lowest BCUT2D eigenvalue weighted by atomic mass is 9.97. The van der Waals surface area contributed by atoms with Gasteiger partial charge >= 0.3 is 0 Å². The number of benzene rings is 1. The lowest BCUT2D eigenvalue weighted by molar-refractivity contribution is -0.132. The molecule has 4 rings (SSSR count). The van der Waals surface area contributed by atoms with Gasteiger partial charge in [0.05, 0.1) is 11.6 Å². The lowest BCUT2D eigenvalue weighted by Gasteiger charge is -2.27. The van der Waals surface area contributed by atoms with Gasteiger partial charge in [0.2, 0.25) is 5.91 Å². The fraction of sp³-hybridized carbons (Fsp3) is 0.429. The molecule has 1 atom stereocenters. The summed E-state index contributed by atoms with van der Waals surface area (Å²) in [7, 11) is 1.82. The summed E-state index contributed by atoms with van der Waals surface area (Å²) in [6.45, 7) is 6.08. The molecule has 0 radical (unpaired) electrons. The Morgan fingerprint density at radius 2 is 2.03 bits per heavy atom. The molecule has 1 amide bonds. The summed E-state index contributed by atoms with van der Waals surface area (Å²) >= 11 is 0. The molecule has 8 heteroatoms. The number of rotatable bonds is 5. The van der Waals surface area contributed by atoms with E-state index in [9.17, 15) is 9.18 Å². The molecule has 1 unspecified atom stereocenters. The van der Waals surface area contributed by atoms with Crippen LogP contribution in [0.15, 0.2) is 30.5 Å². The van der Waals surface area contributed by atoms with Crippen LogP contribution >= 0.6 is 0 Å². The number of amides is 1. The standard InChI is InChI=1S/C21H25FN6O/c1-4-27-13-16(14(2)25-27)12-26(3)21(29)18-6-5-11-28-19(23-24-20(18)28)15-7-9-17(22)10-8-15/h7-10,13,18H,4-6,11-12H2,1-3H3. The highest BCUT2D eigenvalue weighted by molar-refractivity contribution is 5.83. The second kappa shape index (κ2) is 7.77. The van der Waals surface area contributed by atoms with E-state index in [-0.39, 0.29) is 17.6 Å². The molecule has 1 aliphatic rings. The van der Waals surface area contributed by atoms with Crippen molar-refractivity contribution in [2.45, 2.75) is 52.2 Å². The Balaban J connectivity index is 1.56. The largest absolute Gasteiger partial charge is 0.341 e. The van der Waals surface area contributed by atoms with Crippen molar-refractivity contribution in [1.82, 2.24) is 29.4 Å². The minimum Gasteiger partial charge on any atom is -0.341 e. The summed E-state index contributed by atoms with van der Waals surface area (Å²) in [6, 6.07) is 6.21. The molecular formula is C21H25FN6O. The fourth-order valence-corrected chi connectivity index (χ4v) is 3.90. The number of hydrogen-bond donors (Lipinski definition) is 0. The third-order valence-corrected chi connectivity index (χ3v) is 5.52. The molecule has 3 heterocycles. The van der Waals surface area contributed by atoms with E-state index in [0.717, 1.165) is 42.8 Å². The van der Waals surface area contributed by atoms with Gasteiger partial charge in [-0.05, 0) is 51.0 Å². The molecule has 7 nitrogen and oxygen atoms in total. The monoisotopic (exact) mass is 396 g/mol. The molecule has 1 aromatic carbocycles. The van der Waals surface area contributed by atoms with Crippen LogP contribution in [0.4, 0.5) is 4.39 Å². The van der Waals surface area contributed by atoms with Gasteiger partial charge in [-0.25, -0.2) is 4.39 Å². The van der Waals surface area contributed by atoms with Crippen molar-refractivity contribution in [3.63, 3.8) is 0 Å². The number of halogens is 1. The van der Waals surface area contributed by atoms with E-state index >= 15 is 0 Å². The minimum absolute atomic E-state index is 0.0349. The zero-order valence-electron chi connectivity index (χ0n) is 17.0. The molecule has 0 fully saturated rings. The molecule has 2 aromatic heterocycles. The van der Waals surface area contributed by atoms with Crippen LogP contribution in [-0.4, -0.2) is 42.4 Å². The van der Waals surface area contributed by atoms with Crippen molar-refractivity contribution in [2.75, 3.05) is 7.05 Å². The molecule has 152 valence electrons. The van der Waals surface area contributed by atoms with Gasteiger partial charge in [-0.2, -0.15) is 5.10 Å². The van der Waals surface area contributed by atoms with Crippen LogP contribution < -0.4 is 0 Å². The minimum atomic E-state index is -0.322. The third-order valence-electron chi connectivity index (χ3n) is 5.52. The maximum absolute atomic E-state index is 13.3. The van der Waals surface area contributed by atoms with Gasteiger partial charge in [0.15, 0.2) is 5.82 Å². The maximum Gasteiger partial charge on any atom is 0.233 e. The first kappa shape index (κ1) is 19.3. The van der Waals surface area contributed by atoms with Crippen molar-refractivity contribution in [1.29, 1.82) is 0 Å². The highest BCUT2D eigenvalue weighted by Crippen LogP contribution is 2.31. The predicted octanol–water partition coefficient (Wildman–Crippen LogP) is 3.15. The Kier molecular flexibility index (Phi) is 5.17. The van der Waals surface area contributed by atoms with Gasteiger partial charge in [0, 0.05) is 44.0 Å². The first-order chi connectivity index (χ1) is 14.0. The number of hydrogen-bond acceptors (Lipinski definition) is 4. The first-order valence-corrected chi connectivity index (χ1v) is 9.95. The molecule has 0 spiro atoms. The molecule has 0 saturated heterocycles. The van der Waals surface area contributed by atoms with Crippen LogP contribution in [0.1, 0.15) is 42.8 Å². The summed E-state index contributed by atoms with van der Waals surface area (Å²) in [6.07, 6.45) is 3.61. The lowest BCUT2D eigenvalue weighted by Crippen LogP contribution is -2.34.